The largest absolute Gasteiger partial charge is 0.457 e. The van der Waals surface area contributed by atoms with Crippen molar-refractivity contribution in [1.29, 1.82) is 0 Å². The molecule has 0 aliphatic rings. The average molecular weight is 384 g/mol. The second kappa shape index (κ2) is 8.95. The first-order valence-corrected chi connectivity index (χ1v) is 9.09. The number of carbonyl (C=O) groups is 2. The van der Waals surface area contributed by atoms with E-state index in [2.05, 4.69) is 10.6 Å². The Morgan fingerprint density at radius 1 is 0.926 bits per heavy atom. The quantitative estimate of drug-likeness (QED) is 0.652. The molecule has 138 valence electrons. The lowest BCUT2D eigenvalue weighted by Gasteiger charge is -2.08. The molecular weight excluding hydrogens is 367 g/mol. The van der Waals surface area contributed by atoms with Gasteiger partial charge in [0.2, 0.25) is 5.91 Å². The van der Waals surface area contributed by atoms with E-state index >= 15 is 0 Å². The van der Waals surface area contributed by atoms with Gasteiger partial charge in [0, 0.05) is 6.54 Å². The van der Waals surface area contributed by atoms with Crippen LogP contribution < -0.4 is 15.4 Å². The summed E-state index contributed by atoms with van der Waals surface area (Å²) in [6, 6.07) is 16.4. The van der Waals surface area contributed by atoms with E-state index in [-0.39, 0.29) is 24.2 Å². The number of hydrogen-bond acceptors (Lipinski definition) is 4. The molecule has 0 aliphatic carbocycles. The Hall–Kier alpha value is -3.19. The van der Waals surface area contributed by atoms with Gasteiger partial charge in [-0.1, -0.05) is 18.2 Å². The Balaban J connectivity index is 1.43. The van der Waals surface area contributed by atoms with E-state index in [1.165, 1.54) is 23.5 Å². The summed E-state index contributed by atoms with van der Waals surface area (Å²) in [5.74, 6) is 0.299. The van der Waals surface area contributed by atoms with Crippen LogP contribution in [0.2, 0.25) is 0 Å². The van der Waals surface area contributed by atoms with Crippen molar-refractivity contribution in [3.05, 3.63) is 82.3 Å². The lowest BCUT2D eigenvalue weighted by molar-refractivity contribution is -0.120. The summed E-state index contributed by atoms with van der Waals surface area (Å²) in [4.78, 5) is 24.2. The minimum absolute atomic E-state index is 0.0809. The van der Waals surface area contributed by atoms with Crippen molar-refractivity contribution in [2.75, 3.05) is 6.54 Å². The molecule has 1 heterocycles. The molecule has 1 aromatic heterocycles. The summed E-state index contributed by atoms with van der Waals surface area (Å²) in [6.07, 6.45) is 0. The maximum absolute atomic E-state index is 12.9. The fraction of sp³-hybridized carbons (Fsp3) is 0.100. The van der Waals surface area contributed by atoms with Gasteiger partial charge >= 0.3 is 0 Å². The van der Waals surface area contributed by atoms with E-state index in [1.807, 2.05) is 12.1 Å². The van der Waals surface area contributed by atoms with Crippen LogP contribution in [0.15, 0.2) is 66.0 Å². The fourth-order valence-electron chi connectivity index (χ4n) is 2.23. The van der Waals surface area contributed by atoms with Gasteiger partial charge in [0.1, 0.15) is 17.3 Å². The molecule has 0 fully saturated rings. The molecule has 3 rings (SSSR count). The van der Waals surface area contributed by atoms with Crippen molar-refractivity contribution in [2.24, 2.45) is 0 Å². The number of carbonyl (C=O) groups excluding carboxylic acids is 2. The number of hydrogen-bond donors (Lipinski definition) is 2. The molecule has 0 atom stereocenters. The molecule has 0 saturated heterocycles. The lowest BCUT2D eigenvalue weighted by atomic mass is 10.2. The summed E-state index contributed by atoms with van der Waals surface area (Å²) in [6.45, 7) is 0.257. The van der Waals surface area contributed by atoms with Crippen LogP contribution in [-0.4, -0.2) is 18.4 Å². The molecule has 7 heteroatoms. The SMILES string of the molecule is O=C(CNC(=O)c1cccs1)NCc1ccc(Oc2ccc(F)cc2)cc1. The summed E-state index contributed by atoms with van der Waals surface area (Å²) in [5.41, 5.74) is 0.888. The van der Waals surface area contributed by atoms with Crippen molar-refractivity contribution in [3.63, 3.8) is 0 Å². The highest BCUT2D eigenvalue weighted by molar-refractivity contribution is 7.12. The fourth-order valence-corrected chi connectivity index (χ4v) is 2.87. The highest BCUT2D eigenvalue weighted by Gasteiger charge is 2.08. The Morgan fingerprint density at radius 3 is 2.22 bits per heavy atom. The van der Waals surface area contributed by atoms with E-state index in [1.54, 1.807) is 41.8 Å². The Morgan fingerprint density at radius 2 is 1.59 bits per heavy atom. The second-order valence-corrected chi connectivity index (χ2v) is 6.58. The number of nitrogens with one attached hydrogen (secondary N) is 2. The molecule has 0 bridgehead atoms. The Kier molecular flexibility index (Phi) is 6.17. The number of ether oxygens (including phenoxy) is 1. The zero-order valence-corrected chi connectivity index (χ0v) is 15.1. The molecule has 27 heavy (non-hydrogen) atoms. The standard InChI is InChI=1S/C20H17FN2O3S/c21-15-5-9-17(10-6-15)26-16-7-3-14(4-8-16)12-22-19(24)13-23-20(25)18-2-1-11-27-18/h1-11H,12-13H2,(H,22,24)(H,23,25). The van der Waals surface area contributed by atoms with Crippen LogP contribution in [0.3, 0.4) is 0 Å². The molecule has 0 aliphatic heterocycles. The summed E-state index contributed by atoms with van der Waals surface area (Å²) in [5, 5.41) is 7.12. The molecule has 0 radical (unpaired) electrons. The van der Waals surface area contributed by atoms with Gasteiger partial charge < -0.3 is 15.4 Å². The van der Waals surface area contributed by atoms with E-state index in [4.69, 9.17) is 4.74 Å². The van der Waals surface area contributed by atoms with Crippen LogP contribution in [0.4, 0.5) is 4.39 Å². The van der Waals surface area contributed by atoms with Gasteiger partial charge in [0.15, 0.2) is 0 Å². The first-order valence-electron chi connectivity index (χ1n) is 8.21. The molecule has 2 amide bonds. The predicted octanol–water partition coefficient (Wildman–Crippen LogP) is 3.73. The second-order valence-electron chi connectivity index (χ2n) is 5.64. The van der Waals surface area contributed by atoms with Gasteiger partial charge in [-0.2, -0.15) is 0 Å². The van der Waals surface area contributed by atoms with Crippen molar-refractivity contribution in [1.82, 2.24) is 10.6 Å². The Labute approximate surface area is 159 Å². The average Bonchev–Trinajstić information content (AvgIpc) is 3.22. The molecule has 0 spiro atoms. The number of thiophene rings is 1. The summed E-state index contributed by atoms with van der Waals surface area (Å²) in [7, 11) is 0. The van der Waals surface area contributed by atoms with E-state index in [9.17, 15) is 14.0 Å². The summed E-state index contributed by atoms with van der Waals surface area (Å²) >= 11 is 1.32. The third-order valence-corrected chi connectivity index (χ3v) is 4.49. The van der Waals surface area contributed by atoms with Gasteiger partial charge in [-0.05, 0) is 53.4 Å². The van der Waals surface area contributed by atoms with Crippen molar-refractivity contribution in [3.8, 4) is 11.5 Å². The maximum atomic E-state index is 12.9. The molecule has 0 saturated carbocycles. The van der Waals surface area contributed by atoms with Gasteiger partial charge in [-0.15, -0.1) is 11.3 Å². The molecule has 2 N–H and O–H groups in total. The predicted molar refractivity (Wildman–Crippen MR) is 101 cm³/mol. The van der Waals surface area contributed by atoms with Crippen LogP contribution >= 0.6 is 11.3 Å². The first-order chi connectivity index (χ1) is 13.1. The zero-order chi connectivity index (χ0) is 19.1. The first kappa shape index (κ1) is 18.6. The molecule has 2 aromatic carbocycles. The molecule has 3 aromatic rings. The van der Waals surface area contributed by atoms with Gasteiger partial charge in [0.05, 0.1) is 11.4 Å². The van der Waals surface area contributed by atoms with Gasteiger partial charge in [-0.3, -0.25) is 9.59 Å². The van der Waals surface area contributed by atoms with Crippen LogP contribution in [0.1, 0.15) is 15.2 Å². The molecule has 5 nitrogen and oxygen atoms in total. The van der Waals surface area contributed by atoms with Crippen LogP contribution in [-0.2, 0) is 11.3 Å². The maximum Gasteiger partial charge on any atom is 0.261 e. The van der Waals surface area contributed by atoms with E-state index in [0.29, 0.717) is 22.9 Å². The minimum atomic E-state index is -0.319. The molecule has 0 unspecified atom stereocenters. The minimum Gasteiger partial charge on any atom is -0.457 e. The van der Waals surface area contributed by atoms with Crippen molar-refractivity contribution in [2.45, 2.75) is 6.54 Å². The van der Waals surface area contributed by atoms with Crippen molar-refractivity contribution < 1.29 is 18.7 Å². The number of benzene rings is 2. The third-order valence-electron chi connectivity index (χ3n) is 3.62. The van der Waals surface area contributed by atoms with Crippen LogP contribution in [0.25, 0.3) is 0 Å². The summed E-state index contributed by atoms with van der Waals surface area (Å²) < 4.78 is 18.5. The highest BCUT2D eigenvalue weighted by atomic mass is 32.1. The lowest BCUT2D eigenvalue weighted by Crippen LogP contribution is -2.36. The number of rotatable bonds is 7. The van der Waals surface area contributed by atoms with Gasteiger partial charge in [0.25, 0.3) is 5.91 Å². The van der Waals surface area contributed by atoms with Crippen molar-refractivity contribution >= 4 is 23.2 Å². The highest BCUT2D eigenvalue weighted by Crippen LogP contribution is 2.21. The molecular formula is C20H17FN2O3S. The van der Waals surface area contributed by atoms with Crippen LogP contribution in [0, 0.1) is 5.82 Å². The topological polar surface area (TPSA) is 67.4 Å². The Bertz CT molecular complexity index is 894. The number of halogens is 1. The smallest absolute Gasteiger partial charge is 0.261 e. The zero-order valence-electron chi connectivity index (χ0n) is 14.3. The van der Waals surface area contributed by atoms with E-state index < -0.39 is 0 Å². The normalized spacial score (nSPS) is 10.3. The third kappa shape index (κ3) is 5.65. The monoisotopic (exact) mass is 384 g/mol. The van der Waals surface area contributed by atoms with Crippen LogP contribution in [0.5, 0.6) is 11.5 Å². The number of amides is 2. The van der Waals surface area contributed by atoms with E-state index in [0.717, 1.165) is 5.56 Å². The van der Waals surface area contributed by atoms with Gasteiger partial charge in [-0.25, -0.2) is 4.39 Å².